The molecule has 1 aliphatic heterocycles. The molecule has 1 fully saturated rings. The predicted molar refractivity (Wildman–Crippen MR) is 71.5 cm³/mol. The lowest BCUT2D eigenvalue weighted by Crippen LogP contribution is -2.42. The molecular weight excluding hydrogens is 231 g/mol. The molecule has 3 nitrogen and oxygen atoms in total. The van der Waals surface area contributed by atoms with E-state index in [0.29, 0.717) is 0 Å². The third-order valence-corrected chi connectivity index (χ3v) is 3.58. The molecule has 4 heteroatoms. The molecule has 1 saturated heterocycles. The molecule has 1 atom stereocenters. The molecule has 18 heavy (non-hydrogen) atoms. The van der Waals surface area contributed by atoms with Crippen LogP contribution in [0.15, 0.2) is 24.3 Å². The van der Waals surface area contributed by atoms with Crippen molar-refractivity contribution in [2.75, 3.05) is 45.3 Å². The molecule has 1 N–H and O–H groups in total. The summed E-state index contributed by atoms with van der Waals surface area (Å²) in [6.45, 7) is 3.48. The van der Waals surface area contributed by atoms with E-state index >= 15 is 0 Å². The van der Waals surface area contributed by atoms with Crippen molar-refractivity contribution in [2.45, 2.75) is 6.42 Å². The van der Waals surface area contributed by atoms with Crippen molar-refractivity contribution >= 4 is 5.69 Å². The van der Waals surface area contributed by atoms with Crippen LogP contribution in [0.3, 0.4) is 0 Å². The Hall–Kier alpha value is -1.13. The second-order valence-electron chi connectivity index (χ2n) is 5.17. The third-order valence-electron chi connectivity index (χ3n) is 3.58. The molecule has 0 saturated carbocycles. The van der Waals surface area contributed by atoms with Gasteiger partial charge in [-0.2, -0.15) is 0 Å². The van der Waals surface area contributed by atoms with Crippen LogP contribution in [0.5, 0.6) is 0 Å². The highest BCUT2D eigenvalue weighted by molar-refractivity contribution is 5.45. The van der Waals surface area contributed by atoms with E-state index in [1.54, 1.807) is 0 Å². The Morgan fingerprint density at radius 2 is 2.11 bits per heavy atom. The Morgan fingerprint density at radius 3 is 2.67 bits per heavy atom. The topological polar surface area (TPSA) is 24.5 Å². The number of anilines is 1. The molecule has 1 heterocycles. The smallest absolute Gasteiger partial charge is 0.123 e. The van der Waals surface area contributed by atoms with E-state index in [1.165, 1.54) is 12.1 Å². The van der Waals surface area contributed by atoms with Crippen molar-refractivity contribution in [3.63, 3.8) is 0 Å². The fraction of sp³-hybridized carbons (Fsp3) is 0.571. The predicted octanol–water partition coefficient (Wildman–Crippen LogP) is 1.89. The Labute approximate surface area is 108 Å². The van der Waals surface area contributed by atoms with Crippen LogP contribution < -0.4 is 10.2 Å². The fourth-order valence-corrected chi connectivity index (χ4v) is 2.63. The molecule has 2 rings (SSSR count). The molecule has 0 spiro atoms. The highest BCUT2D eigenvalue weighted by Crippen LogP contribution is 2.30. The number of halogens is 1. The summed E-state index contributed by atoms with van der Waals surface area (Å²) in [5.74, 6) is -0.193. The first-order valence-electron chi connectivity index (χ1n) is 6.34. The second-order valence-corrected chi connectivity index (χ2v) is 5.17. The zero-order valence-corrected chi connectivity index (χ0v) is 11.1. The van der Waals surface area contributed by atoms with Crippen LogP contribution in [-0.2, 0) is 4.74 Å². The van der Waals surface area contributed by atoms with Gasteiger partial charge in [-0.1, -0.05) is 0 Å². The second kappa shape index (κ2) is 5.67. The van der Waals surface area contributed by atoms with Gasteiger partial charge in [-0.15, -0.1) is 0 Å². The van der Waals surface area contributed by atoms with E-state index in [-0.39, 0.29) is 11.2 Å². The monoisotopic (exact) mass is 252 g/mol. The van der Waals surface area contributed by atoms with Crippen LogP contribution in [-0.4, -0.2) is 40.4 Å². The molecule has 0 amide bonds. The Bertz CT molecular complexity index is 374. The summed E-state index contributed by atoms with van der Waals surface area (Å²) in [5, 5.41) is 3.25. The lowest BCUT2D eigenvalue weighted by atomic mass is 9.86. The van der Waals surface area contributed by atoms with E-state index in [2.05, 4.69) is 10.2 Å². The summed E-state index contributed by atoms with van der Waals surface area (Å²) in [4.78, 5) is 2.17. The summed E-state index contributed by atoms with van der Waals surface area (Å²) in [6, 6.07) is 6.64. The summed E-state index contributed by atoms with van der Waals surface area (Å²) in [6.07, 6.45) is 1.07. The normalized spacial score (nSPS) is 23.3. The highest BCUT2D eigenvalue weighted by atomic mass is 19.1. The first kappa shape index (κ1) is 13.3. The van der Waals surface area contributed by atoms with Gasteiger partial charge in [-0.05, 0) is 37.7 Å². The van der Waals surface area contributed by atoms with Gasteiger partial charge < -0.3 is 15.0 Å². The van der Waals surface area contributed by atoms with Gasteiger partial charge in [-0.3, -0.25) is 0 Å². The zero-order valence-electron chi connectivity index (χ0n) is 11.1. The Kier molecular flexibility index (Phi) is 4.19. The summed E-state index contributed by atoms with van der Waals surface area (Å²) >= 11 is 0. The van der Waals surface area contributed by atoms with Gasteiger partial charge >= 0.3 is 0 Å². The fourth-order valence-electron chi connectivity index (χ4n) is 2.63. The number of ether oxygens (including phenoxy) is 1. The molecule has 1 aliphatic rings. The van der Waals surface area contributed by atoms with Crippen molar-refractivity contribution in [2.24, 2.45) is 5.41 Å². The van der Waals surface area contributed by atoms with Crippen LogP contribution in [0.25, 0.3) is 0 Å². The van der Waals surface area contributed by atoms with Gasteiger partial charge in [0.05, 0.1) is 6.61 Å². The Morgan fingerprint density at radius 1 is 1.39 bits per heavy atom. The van der Waals surface area contributed by atoms with Gasteiger partial charge in [0, 0.05) is 37.8 Å². The minimum atomic E-state index is -0.193. The number of benzene rings is 1. The number of hydrogen-bond acceptors (Lipinski definition) is 3. The maximum Gasteiger partial charge on any atom is 0.123 e. The van der Waals surface area contributed by atoms with Crippen molar-refractivity contribution < 1.29 is 9.13 Å². The van der Waals surface area contributed by atoms with E-state index in [0.717, 1.165) is 38.4 Å². The number of nitrogens with zero attached hydrogens (tertiary/aromatic N) is 1. The molecule has 0 aromatic heterocycles. The average molecular weight is 252 g/mol. The van der Waals surface area contributed by atoms with Gasteiger partial charge in [0.25, 0.3) is 0 Å². The molecule has 1 aromatic rings. The maximum atomic E-state index is 12.9. The zero-order chi connectivity index (χ0) is 13.0. The van der Waals surface area contributed by atoms with Crippen LogP contribution in [0.2, 0.25) is 0 Å². The van der Waals surface area contributed by atoms with Crippen molar-refractivity contribution in [1.29, 1.82) is 0 Å². The van der Waals surface area contributed by atoms with Gasteiger partial charge in [0.15, 0.2) is 0 Å². The summed E-state index contributed by atoms with van der Waals surface area (Å²) in [7, 11) is 4.01. The number of hydrogen-bond donors (Lipinski definition) is 1. The number of rotatable bonds is 5. The Balaban J connectivity index is 2.04. The van der Waals surface area contributed by atoms with Crippen LogP contribution in [0, 0.1) is 11.2 Å². The van der Waals surface area contributed by atoms with Gasteiger partial charge in [0.2, 0.25) is 0 Å². The molecule has 0 bridgehead atoms. The number of nitrogens with one attached hydrogen (secondary N) is 1. The van der Waals surface area contributed by atoms with Gasteiger partial charge in [0.1, 0.15) is 5.82 Å². The largest absolute Gasteiger partial charge is 0.381 e. The van der Waals surface area contributed by atoms with E-state index in [9.17, 15) is 4.39 Å². The third kappa shape index (κ3) is 3.00. The maximum absolute atomic E-state index is 12.9. The van der Waals surface area contributed by atoms with E-state index < -0.39 is 0 Å². The van der Waals surface area contributed by atoms with E-state index in [4.69, 9.17) is 4.74 Å². The van der Waals surface area contributed by atoms with Crippen LogP contribution in [0.4, 0.5) is 10.1 Å². The van der Waals surface area contributed by atoms with Crippen molar-refractivity contribution in [3.05, 3.63) is 30.1 Å². The minimum Gasteiger partial charge on any atom is -0.381 e. The summed E-state index contributed by atoms with van der Waals surface area (Å²) < 4.78 is 18.4. The van der Waals surface area contributed by atoms with Gasteiger partial charge in [-0.25, -0.2) is 4.39 Å². The van der Waals surface area contributed by atoms with E-state index in [1.807, 2.05) is 26.2 Å². The lowest BCUT2D eigenvalue weighted by molar-refractivity contribution is 0.154. The van der Waals surface area contributed by atoms with Crippen molar-refractivity contribution in [3.8, 4) is 0 Å². The van der Waals surface area contributed by atoms with Crippen LogP contribution >= 0.6 is 0 Å². The molecule has 100 valence electrons. The van der Waals surface area contributed by atoms with Crippen molar-refractivity contribution in [1.82, 2.24) is 5.32 Å². The molecule has 0 aliphatic carbocycles. The minimum absolute atomic E-state index is 0.165. The molecule has 0 radical (unpaired) electrons. The SMILES string of the molecule is CNCC1(CN(C)c2ccc(F)cc2)CCOC1. The molecule has 1 unspecified atom stereocenters. The lowest BCUT2D eigenvalue weighted by Gasteiger charge is -2.33. The molecule has 1 aromatic carbocycles. The van der Waals surface area contributed by atoms with Crippen LogP contribution in [0.1, 0.15) is 6.42 Å². The standard InChI is InChI=1S/C14H21FN2O/c1-16-9-14(7-8-18-11-14)10-17(2)13-5-3-12(15)4-6-13/h3-6,16H,7-11H2,1-2H3. The summed E-state index contributed by atoms with van der Waals surface area (Å²) in [5.41, 5.74) is 1.21. The first-order valence-corrected chi connectivity index (χ1v) is 6.34. The molecular formula is C14H21FN2O. The highest BCUT2D eigenvalue weighted by Gasteiger charge is 2.35. The quantitative estimate of drug-likeness (QED) is 0.866. The average Bonchev–Trinajstić information content (AvgIpc) is 2.79. The first-order chi connectivity index (χ1) is 8.65.